The fourth-order valence-electron chi connectivity index (χ4n) is 2.12. The molecule has 2 heterocycles. The molecule has 0 saturated heterocycles. The van der Waals surface area contributed by atoms with Crippen molar-refractivity contribution < 1.29 is 9.13 Å². The average Bonchev–Trinajstić information content (AvgIpc) is 2.45. The monoisotopic (exact) mass is 289 g/mol. The minimum absolute atomic E-state index is 0.0613. The van der Waals surface area contributed by atoms with Crippen molar-refractivity contribution in [2.24, 2.45) is 0 Å². The molecule has 0 aliphatic heterocycles. The molecule has 2 aromatic rings. The van der Waals surface area contributed by atoms with Crippen molar-refractivity contribution in [1.29, 1.82) is 0 Å². The van der Waals surface area contributed by atoms with Crippen molar-refractivity contribution in [3.8, 4) is 5.75 Å². The summed E-state index contributed by atoms with van der Waals surface area (Å²) in [4.78, 5) is 8.34. The molecule has 0 aliphatic carbocycles. The zero-order chi connectivity index (χ0) is 15.2. The molecule has 112 valence electrons. The first-order chi connectivity index (χ1) is 10.1. The van der Waals surface area contributed by atoms with E-state index < -0.39 is 0 Å². The first kappa shape index (κ1) is 15.4. The van der Waals surface area contributed by atoms with Crippen LogP contribution in [0.1, 0.15) is 38.1 Å². The highest BCUT2D eigenvalue weighted by Crippen LogP contribution is 2.25. The van der Waals surface area contributed by atoms with Gasteiger partial charge in [0.2, 0.25) is 0 Å². The minimum atomic E-state index is -0.348. The summed E-state index contributed by atoms with van der Waals surface area (Å²) in [5.74, 6) is 0.334. The van der Waals surface area contributed by atoms with E-state index in [1.807, 2.05) is 26.8 Å². The lowest BCUT2D eigenvalue weighted by molar-refractivity contribution is 0.241. The van der Waals surface area contributed by atoms with Gasteiger partial charge >= 0.3 is 0 Å². The van der Waals surface area contributed by atoms with Gasteiger partial charge in [-0.3, -0.25) is 9.97 Å². The van der Waals surface area contributed by atoms with Crippen molar-refractivity contribution in [2.45, 2.75) is 32.9 Å². The number of halogens is 1. The molecular weight excluding hydrogens is 269 g/mol. The molecule has 0 amide bonds. The van der Waals surface area contributed by atoms with Crippen LogP contribution in [0.4, 0.5) is 4.39 Å². The van der Waals surface area contributed by atoms with E-state index in [1.165, 1.54) is 6.07 Å². The molecule has 2 rings (SSSR count). The van der Waals surface area contributed by atoms with E-state index in [2.05, 4.69) is 15.3 Å². The number of nitrogens with one attached hydrogen (secondary N) is 1. The number of aromatic nitrogens is 2. The van der Waals surface area contributed by atoms with E-state index in [-0.39, 0.29) is 18.0 Å². The largest absolute Gasteiger partial charge is 0.489 e. The van der Waals surface area contributed by atoms with Gasteiger partial charge in [-0.25, -0.2) is 4.39 Å². The first-order valence-corrected chi connectivity index (χ1v) is 7.07. The fraction of sp³-hybridized carbons (Fsp3) is 0.375. The lowest BCUT2D eigenvalue weighted by Gasteiger charge is -2.19. The Labute approximate surface area is 124 Å². The molecule has 1 N–H and O–H groups in total. The smallest absolute Gasteiger partial charge is 0.146 e. The highest BCUT2D eigenvalue weighted by molar-refractivity contribution is 5.32. The second-order valence-corrected chi connectivity index (χ2v) is 4.98. The van der Waals surface area contributed by atoms with Crippen LogP contribution in [0.25, 0.3) is 0 Å². The molecule has 0 aliphatic rings. The minimum Gasteiger partial charge on any atom is -0.489 e. The molecule has 5 heteroatoms. The highest BCUT2D eigenvalue weighted by atomic mass is 19.1. The third kappa shape index (κ3) is 3.98. The predicted molar refractivity (Wildman–Crippen MR) is 79.7 cm³/mol. The van der Waals surface area contributed by atoms with E-state index in [0.717, 1.165) is 5.56 Å². The van der Waals surface area contributed by atoms with Crippen molar-refractivity contribution in [3.63, 3.8) is 0 Å². The number of ether oxygens (including phenoxy) is 1. The maximum atomic E-state index is 14.0. The SMILES string of the molecule is CCNC(c1cncc(OC(C)C)c1)c1ncccc1F. The topological polar surface area (TPSA) is 47.0 Å². The lowest BCUT2D eigenvalue weighted by atomic mass is 10.0. The third-order valence-electron chi connectivity index (χ3n) is 2.91. The van der Waals surface area contributed by atoms with Gasteiger partial charge in [-0.2, -0.15) is 0 Å². The van der Waals surface area contributed by atoms with Gasteiger partial charge in [0.05, 0.1) is 24.0 Å². The molecule has 0 radical (unpaired) electrons. The van der Waals surface area contributed by atoms with Gasteiger partial charge in [-0.15, -0.1) is 0 Å². The summed E-state index contributed by atoms with van der Waals surface area (Å²) in [5.41, 5.74) is 1.19. The molecule has 0 aromatic carbocycles. The molecule has 21 heavy (non-hydrogen) atoms. The summed E-state index contributed by atoms with van der Waals surface area (Å²) < 4.78 is 19.7. The van der Waals surface area contributed by atoms with E-state index in [4.69, 9.17) is 4.74 Å². The Kier molecular flexibility index (Phi) is 5.22. The summed E-state index contributed by atoms with van der Waals surface area (Å²) in [6, 6.07) is 4.51. The molecule has 0 fully saturated rings. The van der Waals surface area contributed by atoms with Crippen molar-refractivity contribution in [2.75, 3.05) is 6.54 Å². The van der Waals surface area contributed by atoms with Crippen LogP contribution in [0.2, 0.25) is 0 Å². The second kappa shape index (κ2) is 7.13. The van der Waals surface area contributed by atoms with Gasteiger partial charge < -0.3 is 10.1 Å². The highest BCUT2D eigenvalue weighted by Gasteiger charge is 2.19. The summed E-state index contributed by atoms with van der Waals surface area (Å²) in [6.07, 6.45) is 5.01. The molecule has 1 atom stereocenters. The van der Waals surface area contributed by atoms with Gasteiger partial charge in [0.25, 0.3) is 0 Å². The molecule has 1 unspecified atom stereocenters. The van der Waals surface area contributed by atoms with Gasteiger partial charge in [-0.05, 0) is 44.2 Å². The van der Waals surface area contributed by atoms with Gasteiger partial charge in [0.15, 0.2) is 0 Å². The quantitative estimate of drug-likeness (QED) is 0.887. The van der Waals surface area contributed by atoms with Gasteiger partial charge in [-0.1, -0.05) is 6.92 Å². The van der Waals surface area contributed by atoms with Crippen LogP contribution in [0.5, 0.6) is 5.75 Å². The summed E-state index contributed by atoms with van der Waals surface area (Å²) >= 11 is 0. The van der Waals surface area contributed by atoms with Gasteiger partial charge in [0.1, 0.15) is 11.6 Å². The fourth-order valence-corrected chi connectivity index (χ4v) is 2.12. The summed E-state index contributed by atoms with van der Waals surface area (Å²) in [5, 5.41) is 3.24. The molecular formula is C16H20FN3O. The lowest BCUT2D eigenvalue weighted by Crippen LogP contribution is -2.24. The van der Waals surface area contributed by atoms with Crippen LogP contribution in [0, 0.1) is 5.82 Å². The molecule has 0 saturated carbocycles. The summed E-state index contributed by atoms with van der Waals surface area (Å²) in [7, 11) is 0. The first-order valence-electron chi connectivity index (χ1n) is 7.07. The number of pyridine rings is 2. The Morgan fingerprint density at radius 2 is 2.14 bits per heavy atom. The van der Waals surface area contributed by atoms with Gasteiger partial charge in [0, 0.05) is 12.4 Å². The van der Waals surface area contributed by atoms with Crippen LogP contribution in [-0.2, 0) is 0 Å². The number of nitrogens with zero attached hydrogens (tertiary/aromatic N) is 2. The molecule has 0 bridgehead atoms. The summed E-state index contributed by atoms with van der Waals surface area (Å²) in [6.45, 7) is 6.56. The standard InChI is InChI=1S/C16H20FN3O/c1-4-19-15(16-14(17)6-5-7-20-16)12-8-13(10-18-9-12)21-11(2)3/h5-11,15,19H,4H2,1-3H3. The third-order valence-corrected chi connectivity index (χ3v) is 2.91. The normalized spacial score (nSPS) is 12.4. The Balaban J connectivity index is 2.36. The van der Waals surface area contributed by atoms with Crippen molar-refractivity contribution >= 4 is 0 Å². The van der Waals surface area contributed by atoms with E-state index in [0.29, 0.717) is 18.0 Å². The average molecular weight is 289 g/mol. The second-order valence-electron chi connectivity index (χ2n) is 4.98. The predicted octanol–water partition coefficient (Wildman–Crippen LogP) is 3.10. The van der Waals surface area contributed by atoms with Crippen LogP contribution >= 0.6 is 0 Å². The van der Waals surface area contributed by atoms with Crippen molar-refractivity contribution in [3.05, 3.63) is 53.9 Å². The molecule has 2 aromatic heterocycles. The number of rotatable bonds is 6. The Morgan fingerprint density at radius 1 is 1.33 bits per heavy atom. The maximum Gasteiger partial charge on any atom is 0.146 e. The van der Waals surface area contributed by atoms with E-state index in [9.17, 15) is 4.39 Å². The zero-order valence-electron chi connectivity index (χ0n) is 12.5. The Bertz CT molecular complexity index is 589. The van der Waals surface area contributed by atoms with Crippen molar-refractivity contribution in [1.82, 2.24) is 15.3 Å². The number of hydrogen-bond donors (Lipinski definition) is 1. The maximum absolute atomic E-state index is 14.0. The zero-order valence-corrected chi connectivity index (χ0v) is 12.5. The number of hydrogen-bond acceptors (Lipinski definition) is 4. The van der Waals surface area contributed by atoms with Crippen LogP contribution < -0.4 is 10.1 Å². The van der Waals surface area contributed by atoms with E-state index in [1.54, 1.807) is 24.7 Å². The molecule has 0 spiro atoms. The van der Waals surface area contributed by atoms with Crippen LogP contribution in [0.15, 0.2) is 36.8 Å². The Morgan fingerprint density at radius 3 is 2.81 bits per heavy atom. The van der Waals surface area contributed by atoms with E-state index >= 15 is 0 Å². The van der Waals surface area contributed by atoms with Crippen LogP contribution in [-0.4, -0.2) is 22.6 Å². The molecule has 4 nitrogen and oxygen atoms in total. The Hall–Kier alpha value is -2.01. The van der Waals surface area contributed by atoms with Crippen LogP contribution in [0.3, 0.4) is 0 Å².